The van der Waals surface area contributed by atoms with E-state index in [1.165, 1.54) is 0 Å². The van der Waals surface area contributed by atoms with Crippen molar-refractivity contribution >= 4 is 17.1 Å². The third kappa shape index (κ3) is 2.65. The maximum Gasteiger partial charge on any atom is 0.141 e. The number of phenolic OH excluding ortho intramolecular Hbond substituents is 1. The third-order valence-corrected chi connectivity index (χ3v) is 5.23. The first kappa shape index (κ1) is 16.6. The Labute approximate surface area is 163 Å². The molecule has 0 atom stereocenters. The van der Waals surface area contributed by atoms with E-state index >= 15 is 0 Å². The molecule has 0 amide bonds. The molecule has 2 aromatic carbocycles. The standard InChI is InChI=1S/C24H20N2O2/c1-2-26-15-17(13-18-14-20-21(27)9-6-10-22(20)28-18)23-19(11-12-25-24(23)26)16-7-4-3-5-8-16/h3-13,15,27H,2,14H2,1H3/b18-13-. The summed E-state index contributed by atoms with van der Waals surface area (Å²) < 4.78 is 8.16. The van der Waals surface area contributed by atoms with Gasteiger partial charge in [-0.05, 0) is 42.3 Å². The van der Waals surface area contributed by atoms with Gasteiger partial charge >= 0.3 is 0 Å². The lowest BCUT2D eigenvalue weighted by Gasteiger charge is -2.06. The van der Waals surface area contributed by atoms with Gasteiger partial charge in [0.1, 0.15) is 22.9 Å². The van der Waals surface area contributed by atoms with Crippen molar-refractivity contribution < 1.29 is 9.84 Å². The number of allylic oxidation sites excluding steroid dienone is 1. The number of fused-ring (bicyclic) bond motifs is 2. The Morgan fingerprint density at radius 1 is 1.11 bits per heavy atom. The molecule has 4 heteroatoms. The van der Waals surface area contributed by atoms with Crippen LogP contribution in [0.4, 0.5) is 0 Å². The number of ether oxygens (including phenoxy) is 1. The van der Waals surface area contributed by atoms with Gasteiger partial charge < -0.3 is 14.4 Å². The van der Waals surface area contributed by atoms with Gasteiger partial charge in [-0.2, -0.15) is 0 Å². The Hall–Kier alpha value is -3.53. The number of benzene rings is 2. The highest BCUT2D eigenvalue weighted by atomic mass is 16.5. The van der Waals surface area contributed by atoms with Gasteiger partial charge in [0.15, 0.2) is 0 Å². The van der Waals surface area contributed by atoms with E-state index in [2.05, 4.69) is 59.1 Å². The molecule has 4 aromatic rings. The van der Waals surface area contributed by atoms with Crippen LogP contribution in [0.5, 0.6) is 11.5 Å². The Morgan fingerprint density at radius 3 is 2.75 bits per heavy atom. The second-order valence-corrected chi connectivity index (χ2v) is 6.94. The minimum Gasteiger partial charge on any atom is -0.508 e. The number of pyridine rings is 1. The van der Waals surface area contributed by atoms with E-state index in [1.807, 2.05) is 18.3 Å². The van der Waals surface area contributed by atoms with Gasteiger partial charge in [-0.1, -0.05) is 36.4 Å². The zero-order valence-corrected chi connectivity index (χ0v) is 15.6. The molecule has 0 spiro atoms. The predicted octanol–water partition coefficient (Wildman–Crippen LogP) is 5.40. The van der Waals surface area contributed by atoms with E-state index in [-0.39, 0.29) is 5.75 Å². The fourth-order valence-electron chi connectivity index (χ4n) is 3.89. The zero-order chi connectivity index (χ0) is 19.1. The lowest BCUT2D eigenvalue weighted by atomic mass is 10.0. The van der Waals surface area contributed by atoms with Crippen molar-refractivity contribution in [3.8, 4) is 22.6 Å². The highest BCUT2D eigenvalue weighted by molar-refractivity contribution is 5.99. The number of aromatic hydroxyl groups is 1. The molecular formula is C24H20N2O2. The molecule has 0 bridgehead atoms. The van der Waals surface area contributed by atoms with Crippen LogP contribution in [-0.4, -0.2) is 14.7 Å². The van der Waals surface area contributed by atoms with E-state index < -0.39 is 0 Å². The number of aromatic nitrogens is 2. The summed E-state index contributed by atoms with van der Waals surface area (Å²) in [5.74, 6) is 1.84. The van der Waals surface area contributed by atoms with Gasteiger partial charge in [-0.15, -0.1) is 0 Å². The summed E-state index contributed by atoms with van der Waals surface area (Å²) >= 11 is 0. The minimum atomic E-state index is 0.281. The van der Waals surface area contributed by atoms with Gasteiger partial charge in [-0.3, -0.25) is 0 Å². The molecule has 3 heterocycles. The van der Waals surface area contributed by atoms with E-state index in [4.69, 9.17) is 4.74 Å². The van der Waals surface area contributed by atoms with Crippen molar-refractivity contribution in [3.05, 3.63) is 83.9 Å². The molecule has 0 saturated heterocycles. The zero-order valence-electron chi connectivity index (χ0n) is 15.6. The second-order valence-electron chi connectivity index (χ2n) is 6.94. The normalized spacial score (nSPS) is 14.4. The van der Waals surface area contributed by atoms with Crippen molar-refractivity contribution in [3.63, 3.8) is 0 Å². The molecule has 1 N–H and O–H groups in total. The molecule has 28 heavy (non-hydrogen) atoms. The first-order valence-corrected chi connectivity index (χ1v) is 9.47. The van der Waals surface area contributed by atoms with Crippen LogP contribution in [0.2, 0.25) is 0 Å². The van der Waals surface area contributed by atoms with E-state index in [9.17, 15) is 5.11 Å². The first-order chi connectivity index (χ1) is 13.7. The summed E-state index contributed by atoms with van der Waals surface area (Å²) in [4.78, 5) is 4.64. The quantitative estimate of drug-likeness (QED) is 0.526. The number of phenols is 1. The summed E-state index contributed by atoms with van der Waals surface area (Å²) in [6.07, 6.45) is 6.65. The highest BCUT2D eigenvalue weighted by Gasteiger charge is 2.22. The first-order valence-electron chi connectivity index (χ1n) is 9.47. The van der Waals surface area contributed by atoms with Crippen LogP contribution in [0.25, 0.3) is 28.2 Å². The Morgan fingerprint density at radius 2 is 1.96 bits per heavy atom. The monoisotopic (exact) mass is 368 g/mol. The van der Waals surface area contributed by atoms with Crippen LogP contribution >= 0.6 is 0 Å². The van der Waals surface area contributed by atoms with Gasteiger partial charge in [0.2, 0.25) is 0 Å². The van der Waals surface area contributed by atoms with E-state index in [0.717, 1.165) is 51.3 Å². The number of nitrogens with zero attached hydrogens (tertiary/aromatic N) is 2. The number of aryl methyl sites for hydroxylation is 1. The highest BCUT2D eigenvalue weighted by Crippen LogP contribution is 2.39. The molecule has 0 fully saturated rings. The average molecular weight is 368 g/mol. The Bertz CT molecular complexity index is 1210. The maximum atomic E-state index is 10.1. The van der Waals surface area contributed by atoms with Gasteiger partial charge in [0.05, 0.1) is 0 Å². The molecular weight excluding hydrogens is 348 g/mol. The lowest BCUT2D eigenvalue weighted by Crippen LogP contribution is -1.93. The molecule has 0 aliphatic carbocycles. The van der Waals surface area contributed by atoms with Crippen LogP contribution in [0.3, 0.4) is 0 Å². The topological polar surface area (TPSA) is 47.3 Å². The number of hydrogen-bond donors (Lipinski definition) is 1. The Balaban J connectivity index is 1.67. The number of hydrogen-bond acceptors (Lipinski definition) is 3. The predicted molar refractivity (Wildman–Crippen MR) is 111 cm³/mol. The van der Waals surface area contributed by atoms with Gasteiger partial charge in [0.25, 0.3) is 0 Å². The molecule has 2 aromatic heterocycles. The van der Waals surface area contributed by atoms with Crippen LogP contribution in [0.1, 0.15) is 18.1 Å². The van der Waals surface area contributed by atoms with Crippen LogP contribution in [0, 0.1) is 0 Å². The summed E-state index contributed by atoms with van der Waals surface area (Å²) in [6.45, 7) is 2.96. The van der Waals surface area contributed by atoms with Crippen LogP contribution < -0.4 is 4.74 Å². The molecule has 0 saturated carbocycles. The smallest absolute Gasteiger partial charge is 0.141 e. The average Bonchev–Trinajstić information content (AvgIpc) is 3.31. The summed E-state index contributed by atoms with van der Waals surface area (Å²) in [7, 11) is 0. The maximum absolute atomic E-state index is 10.1. The van der Waals surface area contributed by atoms with E-state index in [0.29, 0.717) is 6.42 Å². The minimum absolute atomic E-state index is 0.281. The molecule has 4 nitrogen and oxygen atoms in total. The summed E-state index contributed by atoms with van der Waals surface area (Å²) in [5, 5.41) is 11.2. The summed E-state index contributed by atoms with van der Waals surface area (Å²) in [5.41, 5.74) is 5.20. The van der Waals surface area contributed by atoms with Crippen molar-refractivity contribution in [2.45, 2.75) is 19.9 Å². The molecule has 1 aliphatic heterocycles. The molecule has 138 valence electrons. The fourth-order valence-corrected chi connectivity index (χ4v) is 3.89. The molecule has 0 unspecified atom stereocenters. The van der Waals surface area contributed by atoms with Crippen molar-refractivity contribution in [1.29, 1.82) is 0 Å². The van der Waals surface area contributed by atoms with Crippen LogP contribution in [-0.2, 0) is 13.0 Å². The van der Waals surface area contributed by atoms with Crippen molar-refractivity contribution in [1.82, 2.24) is 9.55 Å². The fraction of sp³-hybridized carbons (Fsp3) is 0.125. The lowest BCUT2D eigenvalue weighted by molar-refractivity contribution is 0.449. The van der Waals surface area contributed by atoms with Crippen LogP contribution in [0.15, 0.2) is 72.8 Å². The SMILES string of the molecule is CCn1cc(/C=C2/Cc3c(O)cccc3O2)c2c(-c3ccccc3)ccnc21. The van der Waals surface area contributed by atoms with Gasteiger partial charge in [0, 0.05) is 41.9 Å². The number of rotatable bonds is 3. The third-order valence-electron chi connectivity index (χ3n) is 5.23. The Kier molecular flexibility index (Phi) is 3.90. The van der Waals surface area contributed by atoms with Crippen molar-refractivity contribution in [2.75, 3.05) is 0 Å². The second kappa shape index (κ2) is 6.57. The van der Waals surface area contributed by atoms with E-state index in [1.54, 1.807) is 12.1 Å². The van der Waals surface area contributed by atoms with Gasteiger partial charge in [-0.25, -0.2) is 4.98 Å². The molecule has 5 rings (SSSR count). The molecule has 0 radical (unpaired) electrons. The van der Waals surface area contributed by atoms with Crippen molar-refractivity contribution in [2.24, 2.45) is 0 Å². The molecule has 1 aliphatic rings. The largest absolute Gasteiger partial charge is 0.508 e. The summed E-state index contributed by atoms with van der Waals surface area (Å²) in [6, 6.07) is 17.8.